The fourth-order valence-corrected chi connectivity index (χ4v) is 3.32. The summed E-state index contributed by atoms with van der Waals surface area (Å²) in [4.78, 5) is 18.1. The molecule has 1 aromatic heterocycles. The number of para-hydroxylation sites is 1. The first kappa shape index (κ1) is 17.9. The van der Waals surface area contributed by atoms with E-state index >= 15 is 0 Å². The van der Waals surface area contributed by atoms with Crippen molar-refractivity contribution in [2.24, 2.45) is 0 Å². The van der Waals surface area contributed by atoms with Crippen LogP contribution in [0.25, 0.3) is 11.6 Å². The zero-order chi connectivity index (χ0) is 18.4. The minimum absolute atomic E-state index is 0.131. The quantitative estimate of drug-likeness (QED) is 0.524. The third-order valence-corrected chi connectivity index (χ3v) is 4.77. The predicted octanol–water partition coefficient (Wildman–Crippen LogP) is 4.32. The zero-order valence-corrected chi connectivity index (χ0v) is 15.5. The van der Waals surface area contributed by atoms with E-state index < -0.39 is 0 Å². The molecule has 26 heavy (non-hydrogen) atoms. The van der Waals surface area contributed by atoms with Gasteiger partial charge in [0.2, 0.25) is 0 Å². The lowest BCUT2D eigenvalue weighted by Gasteiger charge is -2.10. The van der Waals surface area contributed by atoms with E-state index in [1.165, 1.54) is 0 Å². The Labute approximate surface area is 157 Å². The standard InChI is InChI=1S/C21H20N2O2S/c1-15-22-13-18(26-15)14-23-21(24)19(16-8-4-3-5-9-16)12-17-10-6-7-11-20(17)25-2/h3-13H,14H2,1-2H3,(H,23,24). The number of nitrogens with zero attached hydrogens (tertiary/aromatic N) is 1. The summed E-state index contributed by atoms with van der Waals surface area (Å²) in [5, 5.41) is 3.98. The van der Waals surface area contributed by atoms with E-state index in [1.54, 1.807) is 24.6 Å². The first-order valence-corrected chi connectivity index (χ1v) is 9.08. The average Bonchev–Trinajstić information content (AvgIpc) is 3.10. The Bertz CT molecular complexity index is 917. The highest BCUT2D eigenvalue weighted by molar-refractivity contribution is 7.11. The molecule has 0 fully saturated rings. The van der Waals surface area contributed by atoms with Gasteiger partial charge in [0.15, 0.2) is 0 Å². The summed E-state index contributed by atoms with van der Waals surface area (Å²) in [6.45, 7) is 2.41. The molecule has 0 saturated heterocycles. The van der Waals surface area contributed by atoms with Gasteiger partial charge in [0.25, 0.3) is 5.91 Å². The predicted molar refractivity (Wildman–Crippen MR) is 106 cm³/mol. The van der Waals surface area contributed by atoms with Gasteiger partial charge in [0.05, 0.1) is 18.7 Å². The summed E-state index contributed by atoms with van der Waals surface area (Å²) in [5.41, 5.74) is 2.31. The fourth-order valence-electron chi connectivity index (χ4n) is 2.59. The van der Waals surface area contributed by atoms with Crippen LogP contribution in [0.2, 0.25) is 0 Å². The molecular formula is C21H20N2O2S. The van der Waals surface area contributed by atoms with Crippen LogP contribution >= 0.6 is 11.3 Å². The number of nitrogens with one attached hydrogen (secondary N) is 1. The van der Waals surface area contributed by atoms with Crippen LogP contribution in [-0.2, 0) is 11.3 Å². The molecule has 0 atom stereocenters. The van der Waals surface area contributed by atoms with Gasteiger partial charge in [0.1, 0.15) is 5.75 Å². The molecule has 0 aliphatic rings. The van der Waals surface area contributed by atoms with E-state index in [1.807, 2.05) is 67.6 Å². The summed E-state index contributed by atoms with van der Waals surface area (Å²) in [5.74, 6) is 0.597. The van der Waals surface area contributed by atoms with Crippen LogP contribution < -0.4 is 10.1 Å². The molecule has 4 nitrogen and oxygen atoms in total. The SMILES string of the molecule is COc1ccccc1C=C(C(=O)NCc1cnc(C)s1)c1ccccc1. The van der Waals surface area contributed by atoms with Crippen LogP contribution in [0.4, 0.5) is 0 Å². The van der Waals surface area contributed by atoms with Crippen molar-refractivity contribution in [3.8, 4) is 5.75 Å². The van der Waals surface area contributed by atoms with Gasteiger partial charge in [-0.1, -0.05) is 48.5 Å². The van der Waals surface area contributed by atoms with Crippen molar-refractivity contribution in [3.63, 3.8) is 0 Å². The molecule has 1 amide bonds. The summed E-state index contributed by atoms with van der Waals surface area (Å²) < 4.78 is 5.41. The largest absolute Gasteiger partial charge is 0.496 e. The monoisotopic (exact) mass is 364 g/mol. The average molecular weight is 364 g/mol. The number of carbonyl (C=O) groups is 1. The molecule has 0 bridgehead atoms. The minimum atomic E-state index is -0.131. The van der Waals surface area contributed by atoms with Crippen molar-refractivity contribution in [2.45, 2.75) is 13.5 Å². The third-order valence-electron chi connectivity index (χ3n) is 3.86. The van der Waals surface area contributed by atoms with E-state index in [4.69, 9.17) is 4.74 Å². The molecule has 0 aliphatic heterocycles. The molecule has 1 heterocycles. The molecule has 0 saturated carbocycles. The van der Waals surface area contributed by atoms with Crippen LogP contribution in [0, 0.1) is 6.92 Å². The van der Waals surface area contributed by atoms with Crippen LogP contribution in [0.5, 0.6) is 5.75 Å². The first-order valence-electron chi connectivity index (χ1n) is 8.27. The van der Waals surface area contributed by atoms with Gasteiger partial charge < -0.3 is 10.1 Å². The first-order chi connectivity index (χ1) is 12.7. The lowest BCUT2D eigenvalue weighted by molar-refractivity contribution is -0.115. The number of ether oxygens (including phenoxy) is 1. The molecular weight excluding hydrogens is 344 g/mol. The molecule has 3 rings (SSSR count). The number of benzene rings is 2. The van der Waals surface area contributed by atoms with Gasteiger partial charge in [-0.2, -0.15) is 0 Å². The number of aryl methyl sites for hydroxylation is 1. The number of amides is 1. The highest BCUT2D eigenvalue weighted by atomic mass is 32.1. The fraction of sp³-hybridized carbons (Fsp3) is 0.143. The molecule has 3 aromatic rings. The van der Waals surface area contributed by atoms with E-state index in [-0.39, 0.29) is 5.91 Å². The molecule has 5 heteroatoms. The maximum Gasteiger partial charge on any atom is 0.252 e. The van der Waals surface area contributed by atoms with Gasteiger partial charge in [-0.3, -0.25) is 4.79 Å². The Morgan fingerprint density at radius 2 is 1.88 bits per heavy atom. The van der Waals surface area contributed by atoms with Crippen molar-refractivity contribution in [1.82, 2.24) is 10.3 Å². The summed E-state index contributed by atoms with van der Waals surface area (Å²) in [7, 11) is 1.63. The molecule has 1 N–H and O–H groups in total. The van der Waals surface area contributed by atoms with Crippen molar-refractivity contribution in [1.29, 1.82) is 0 Å². The van der Waals surface area contributed by atoms with Crippen molar-refractivity contribution in [2.75, 3.05) is 7.11 Å². The van der Waals surface area contributed by atoms with E-state index in [2.05, 4.69) is 10.3 Å². The third kappa shape index (κ3) is 4.37. The highest BCUT2D eigenvalue weighted by Crippen LogP contribution is 2.25. The van der Waals surface area contributed by atoms with Crippen LogP contribution in [-0.4, -0.2) is 18.0 Å². The smallest absolute Gasteiger partial charge is 0.252 e. The number of methoxy groups -OCH3 is 1. The number of aromatic nitrogens is 1. The second kappa shape index (κ2) is 8.45. The molecule has 0 aliphatic carbocycles. The highest BCUT2D eigenvalue weighted by Gasteiger charge is 2.13. The normalized spacial score (nSPS) is 11.2. The number of carbonyl (C=O) groups excluding carboxylic acids is 1. The van der Waals surface area contributed by atoms with Crippen molar-refractivity contribution >= 4 is 28.9 Å². The Morgan fingerprint density at radius 3 is 2.58 bits per heavy atom. The number of thiazole rings is 1. The molecule has 0 radical (unpaired) electrons. The summed E-state index contributed by atoms with van der Waals surface area (Å²) in [6.07, 6.45) is 3.66. The second-order valence-corrected chi connectivity index (χ2v) is 7.01. The van der Waals surface area contributed by atoms with Gasteiger partial charge in [-0.25, -0.2) is 4.98 Å². The maximum absolute atomic E-state index is 12.9. The van der Waals surface area contributed by atoms with Crippen LogP contribution in [0.15, 0.2) is 60.8 Å². The molecule has 2 aromatic carbocycles. The zero-order valence-electron chi connectivity index (χ0n) is 14.7. The number of hydrogen-bond donors (Lipinski definition) is 1. The van der Waals surface area contributed by atoms with E-state index in [9.17, 15) is 4.79 Å². The van der Waals surface area contributed by atoms with Crippen molar-refractivity contribution < 1.29 is 9.53 Å². The van der Waals surface area contributed by atoms with Gasteiger partial charge in [-0.15, -0.1) is 11.3 Å². The minimum Gasteiger partial charge on any atom is -0.496 e. The topological polar surface area (TPSA) is 51.2 Å². The summed E-state index contributed by atoms with van der Waals surface area (Å²) >= 11 is 1.58. The van der Waals surface area contributed by atoms with Gasteiger partial charge >= 0.3 is 0 Å². The Morgan fingerprint density at radius 1 is 1.15 bits per heavy atom. The van der Waals surface area contributed by atoms with E-state index in [0.29, 0.717) is 12.1 Å². The molecule has 0 unspecified atom stereocenters. The van der Waals surface area contributed by atoms with E-state index in [0.717, 1.165) is 26.8 Å². The van der Waals surface area contributed by atoms with Gasteiger partial charge in [-0.05, 0) is 24.6 Å². The van der Waals surface area contributed by atoms with Crippen molar-refractivity contribution in [3.05, 3.63) is 81.8 Å². The Balaban J connectivity index is 1.90. The second-order valence-electron chi connectivity index (χ2n) is 5.69. The molecule has 0 spiro atoms. The molecule has 132 valence electrons. The Hall–Kier alpha value is -2.92. The maximum atomic E-state index is 12.9. The van der Waals surface area contributed by atoms with Crippen LogP contribution in [0.3, 0.4) is 0 Å². The summed E-state index contributed by atoms with van der Waals surface area (Å²) in [6, 6.07) is 17.3. The lowest BCUT2D eigenvalue weighted by Crippen LogP contribution is -2.23. The number of rotatable bonds is 6. The van der Waals surface area contributed by atoms with Gasteiger partial charge in [0, 0.05) is 22.2 Å². The number of hydrogen-bond acceptors (Lipinski definition) is 4. The lowest BCUT2D eigenvalue weighted by atomic mass is 10.0. The van der Waals surface area contributed by atoms with Crippen LogP contribution in [0.1, 0.15) is 21.0 Å². The Kier molecular flexibility index (Phi) is 5.81.